The van der Waals surface area contributed by atoms with Crippen LogP contribution in [-0.4, -0.2) is 18.3 Å². The van der Waals surface area contributed by atoms with Gasteiger partial charge in [0.1, 0.15) is 6.07 Å². The first-order chi connectivity index (χ1) is 5.76. The van der Waals surface area contributed by atoms with Gasteiger partial charge in [-0.2, -0.15) is 10.4 Å². The third kappa shape index (κ3) is 5.23. The number of hydrazone groups is 1. The van der Waals surface area contributed by atoms with Gasteiger partial charge in [0.15, 0.2) is 0 Å². The van der Waals surface area contributed by atoms with E-state index in [-0.39, 0.29) is 6.61 Å². The zero-order valence-electron chi connectivity index (χ0n) is 7.50. The average molecular weight is 171 g/mol. The highest BCUT2D eigenvalue weighted by Crippen LogP contribution is 1.80. The summed E-state index contributed by atoms with van der Waals surface area (Å²) in [4.78, 5) is 10.5. The molecule has 0 saturated carbocycles. The minimum atomic E-state index is -0.785. The molecule has 0 aliphatic carbocycles. The van der Waals surface area contributed by atoms with Crippen molar-refractivity contribution in [2.45, 2.75) is 20.8 Å². The number of hydrogen-bond donors (Lipinski definition) is 1. The summed E-state index contributed by atoms with van der Waals surface area (Å²) in [6, 6.07) is 1.49. The SMILES string of the molecule is CC.CCOC(=O)/C(C#N)=N/N. The van der Waals surface area contributed by atoms with Gasteiger partial charge in [-0.1, -0.05) is 13.8 Å². The van der Waals surface area contributed by atoms with Crippen LogP contribution in [0.15, 0.2) is 5.10 Å². The van der Waals surface area contributed by atoms with Crippen LogP contribution in [0.1, 0.15) is 20.8 Å². The maximum absolute atomic E-state index is 10.5. The zero-order chi connectivity index (χ0) is 9.98. The molecular formula is C7H13N3O2. The Balaban J connectivity index is 0. The molecule has 5 heteroatoms. The molecule has 0 spiro atoms. The van der Waals surface area contributed by atoms with Crippen molar-refractivity contribution in [2.75, 3.05) is 6.61 Å². The van der Waals surface area contributed by atoms with Crippen molar-refractivity contribution < 1.29 is 9.53 Å². The largest absolute Gasteiger partial charge is 0.461 e. The zero-order valence-corrected chi connectivity index (χ0v) is 7.50. The van der Waals surface area contributed by atoms with E-state index in [2.05, 4.69) is 15.7 Å². The van der Waals surface area contributed by atoms with Crippen LogP contribution in [0.5, 0.6) is 0 Å². The first kappa shape index (κ1) is 13.1. The lowest BCUT2D eigenvalue weighted by atomic mass is 10.4. The van der Waals surface area contributed by atoms with Crippen LogP contribution < -0.4 is 5.84 Å². The van der Waals surface area contributed by atoms with Crippen molar-refractivity contribution in [1.29, 1.82) is 5.26 Å². The number of nitrogens with zero attached hydrogens (tertiary/aromatic N) is 2. The molecule has 0 aromatic carbocycles. The average Bonchev–Trinajstić information content (AvgIpc) is 2.11. The minimum Gasteiger partial charge on any atom is -0.461 e. The molecule has 0 radical (unpaired) electrons. The summed E-state index contributed by atoms with van der Waals surface area (Å²) in [7, 11) is 0. The van der Waals surface area contributed by atoms with E-state index in [4.69, 9.17) is 5.26 Å². The maximum Gasteiger partial charge on any atom is 0.369 e. The minimum absolute atomic E-state index is 0.208. The van der Waals surface area contributed by atoms with Crippen LogP contribution in [-0.2, 0) is 9.53 Å². The van der Waals surface area contributed by atoms with Gasteiger partial charge in [-0.3, -0.25) is 0 Å². The molecule has 0 aliphatic rings. The Hall–Kier alpha value is -1.57. The topological polar surface area (TPSA) is 88.5 Å². The summed E-state index contributed by atoms with van der Waals surface area (Å²) in [5.41, 5.74) is -0.415. The second-order valence-electron chi connectivity index (χ2n) is 1.31. The second kappa shape index (κ2) is 9.43. The van der Waals surface area contributed by atoms with Gasteiger partial charge in [-0.25, -0.2) is 4.79 Å². The van der Waals surface area contributed by atoms with Crippen molar-refractivity contribution in [3.05, 3.63) is 0 Å². The van der Waals surface area contributed by atoms with Gasteiger partial charge in [0, 0.05) is 0 Å². The molecule has 0 bridgehead atoms. The van der Waals surface area contributed by atoms with Gasteiger partial charge in [0.2, 0.25) is 5.71 Å². The van der Waals surface area contributed by atoms with Crippen LogP contribution in [0.3, 0.4) is 0 Å². The summed E-state index contributed by atoms with van der Waals surface area (Å²) in [6.07, 6.45) is 0. The highest BCUT2D eigenvalue weighted by molar-refractivity contribution is 6.42. The highest BCUT2D eigenvalue weighted by atomic mass is 16.5. The van der Waals surface area contributed by atoms with Crippen molar-refractivity contribution in [3.63, 3.8) is 0 Å². The molecule has 0 aliphatic heterocycles. The van der Waals surface area contributed by atoms with Crippen LogP contribution in [0, 0.1) is 11.3 Å². The molecule has 0 rings (SSSR count). The van der Waals surface area contributed by atoms with E-state index < -0.39 is 11.7 Å². The predicted molar refractivity (Wildman–Crippen MR) is 45.2 cm³/mol. The molecule has 0 saturated heterocycles. The third-order valence-corrected chi connectivity index (χ3v) is 0.704. The van der Waals surface area contributed by atoms with Crippen molar-refractivity contribution in [1.82, 2.24) is 0 Å². The lowest BCUT2D eigenvalue weighted by molar-refractivity contribution is -0.134. The van der Waals surface area contributed by atoms with Crippen LogP contribution in [0.4, 0.5) is 0 Å². The number of rotatable bonds is 2. The quantitative estimate of drug-likeness (QED) is 0.282. The Bertz CT molecular complexity index is 193. The summed E-state index contributed by atoms with van der Waals surface area (Å²) >= 11 is 0. The van der Waals surface area contributed by atoms with Gasteiger partial charge in [0.05, 0.1) is 6.61 Å². The van der Waals surface area contributed by atoms with Crippen LogP contribution in [0.2, 0.25) is 0 Å². The fourth-order valence-electron chi connectivity index (χ4n) is 0.327. The van der Waals surface area contributed by atoms with Crippen LogP contribution >= 0.6 is 0 Å². The highest BCUT2D eigenvalue weighted by Gasteiger charge is 2.09. The smallest absolute Gasteiger partial charge is 0.369 e. The Kier molecular flexibility index (Phi) is 10.3. The van der Waals surface area contributed by atoms with E-state index in [1.165, 1.54) is 6.07 Å². The summed E-state index contributed by atoms with van der Waals surface area (Å²) < 4.78 is 4.41. The monoisotopic (exact) mass is 171 g/mol. The summed E-state index contributed by atoms with van der Waals surface area (Å²) in [5, 5.41) is 11.1. The van der Waals surface area contributed by atoms with Gasteiger partial charge in [-0.05, 0) is 6.92 Å². The second-order valence-corrected chi connectivity index (χ2v) is 1.31. The number of carbonyl (C=O) groups excluding carboxylic acids is 1. The number of hydrogen-bond acceptors (Lipinski definition) is 5. The van der Waals surface area contributed by atoms with E-state index in [1.54, 1.807) is 6.92 Å². The van der Waals surface area contributed by atoms with Crippen molar-refractivity contribution in [2.24, 2.45) is 10.9 Å². The Morgan fingerprint density at radius 1 is 1.67 bits per heavy atom. The number of nitriles is 1. The maximum atomic E-state index is 10.5. The number of nitrogens with two attached hydrogens (primary N) is 1. The van der Waals surface area contributed by atoms with Crippen molar-refractivity contribution in [3.8, 4) is 6.07 Å². The Morgan fingerprint density at radius 2 is 2.17 bits per heavy atom. The van der Waals surface area contributed by atoms with E-state index in [9.17, 15) is 4.79 Å². The molecule has 5 nitrogen and oxygen atoms in total. The van der Waals surface area contributed by atoms with Gasteiger partial charge >= 0.3 is 5.97 Å². The standard InChI is InChI=1S/C5H7N3O2.C2H6/c1-2-10-5(9)4(3-6)8-7;1-2/h2,7H2,1H3;1-2H3/b8-4+;. The molecule has 0 atom stereocenters. The number of carbonyl (C=O) groups is 1. The molecule has 0 fully saturated rings. The molecular weight excluding hydrogens is 158 g/mol. The Labute approximate surface area is 71.8 Å². The molecule has 68 valence electrons. The fourth-order valence-corrected chi connectivity index (χ4v) is 0.327. The van der Waals surface area contributed by atoms with Gasteiger partial charge in [0.25, 0.3) is 0 Å². The molecule has 0 amide bonds. The van der Waals surface area contributed by atoms with Crippen LogP contribution in [0.25, 0.3) is 0 Å². The normalized spacial score (nSPS) is 9.00. The first-order valence-electron chi connectivity index (χ1n) is 3.61. The van der Waals surface area contributed by atoms with Gasteiger partial charge in [-0.15, -0.1) is 0 Å². The molecule has 0 unspecified atom stereocenters. The molecule has 2 N–H and O–H groups in total. The fraction of sp³-hybridized carbons (Fsp3) is 0.571. The molecule has 12 heavy (non-hydrogen) atoms. The van der Waals surface area contributed by atoms with Gasteiger partial charge < -0.3 is 10.6 Å². The van der Waals surface area contributed by atoms with E-state index in [0.29, 0.717) is 0 Å². The molecule has 0 aromatic rings. The first-order valence-corrected chi connectivity index (χ1v) is 3.61. The number of esters is 1. The Morgan fingerprint density at radius 3 is 2.42 bits per heavy atom. The summed E-state index contributed by atoms with van der Waals surface area (Å²) in [5.74, 6) is 3.89. The van der Waals surface area contributed by atoms with E-state index in [0.717, 1.165) is 0 Å². The molecule has 0 heterocycles. The predicted octanol–water partition coefficient (Wildman–Crippen LogP) is 0.414. The molecule has 0 aromatic heterocycles. The third-order valence-electron chi connectivity index (χ3n) is 0.704. The van der Waals surface area contributed by atoms with E-state index >= 15 is 0 Å². The lowest BCUT2D eigenvalue weighted by Crippen LogP contribution is -2.17. The van der Waals surface area contributed by atoms with Crippen molar-refractivity contribution >= 4 is 11.7 Å². The van der Waals surface area contributed by atoms with E-state index in [1.807, 2.05) is 13.8 Å². The lowest BCUT2D eigenvalue weighted by Gasteiger charge is -1.95. The summed E-state index contributed by atoms with van der Waals surface area (Å²) in [6.45, 7) is 5.84. The number of ether oxygens (including phenoxy) is 1.